The molecule has 0 aliphatic rings. The lowest BCUT2D eigenvalue weighted by atomic mass is 10.1. The Hall–Kier alpha value is -2.22. The van der Waals surface area contributed by atoms with Crippen molar-refractivity contribution in [1.29, 1.82) is 0 Å². The largest absolute Gasteiger partial charge is 0.469 e. The van der Waals surface area contributed by atoms with E-state index in [1.165, 1.54) is 23.9 Å². The van der Waals surface area contributed by atoms with Gasteiger partial charge in [-0.1, -0.05) is 30.0 Å². The number of hydrogen-bond acceptors (Lipinski definition) is 4. The van der Waals surface area contributed by atoms with Crippen molar-refractivity contribution in [2.75, 3.05) is 0 Å². The van der Waals surface area contributed by atoms with Gasteiger partial charge in [-0.15, -0.1) is 10.2 Å². The number of nitrogens with zero attached hydrogens (tertiary/aromatic N) is 3. The molecule has 8 heteroatoms. The normalized spacial score (nSPS) is 11.9. The molecule has 0 spiro atoms. The highest BCUT2D eigenvalue weighted by molar-refractivity contribution is 7.98. The van der Waals surface area contributed by atoms with E-state index in [4.69, 9.17) is 4.42 Å². The molecule has 2 aromatic heterocycles. The van der Waals surface area contributed by atoms with Gasteiger partial charge in [-0.05, 0) is 24.6 Å². The van der Waals surface area contributed by atoms with Crippen LogP contribution in [0.1, 0.15) is 16.9 Å². The van der Waals surface area contributed by atoms with Crippen molar-refractivity contribution in [1.82, 2.24) is 14.8 Å². The van der Waals surface area contributed by atoms with Crippen LogP contribution >= 0.6 is 11.8 Å². The maximum absolute atomic E-state index is 13.0. The van der Waals surface area contributed by atoms with Gasteiger partial charge in [-0.25, -0.2) is 0 Å². The highest BCUT2D eigenvalue weighted by atomic mass is 32.2. The van der Waals surface area contributed by atoms with Gasteiger partial charge < -0.3 is 8.98 Å². The molecule has 0 fully saturated rings. The molecule has 3 aromatic rings. The van der Waals surface area contributed by atoms with E-state index in [0.717, 1.165) is 11.6 Å². The van der Waals surface area contributed by atoms with Crippen LogP contribution in [0.2, 0.25) is 0 Å². The number of alkyl halides is 3. The SMILES string of the molecule is Cc1occc1-c1nnc(SCc2ccccc2C(F)(F)F)n1C. The van der Waals surface area contributed by atoms with E-state index in [-0.39, 0.29) is 11.3 Å². The average molecular weight is 353 g/mol. The maximum Gasteiger partial charge on any atom is 0.416 e. The van der Waals surface area contributed by atoms with Crippen molar-refractivity contribution >= 4 is 11.8 Å². The molecule has 0 radical (unpaired) electrons. The molecule has 0 bridgehead atoms. The fourth-order valence-corrected chi connectivity index (χ4v) is 3.27. The van der Waals surface area contributed by atoms with Crippen LogP contribution in [0.25, 0.3) is 11.4 Å². The highest BCUT2D eigenvalue weighted by Crippen LogP contribution is 2.35. The van der Waals surface area contributed by atoms with E-state index in [2.05, 4.69) is 10.2 Å². The van der Waals surface area contributed by atoms with Crippen molar-refractivity contribution in [3.05, 3.63) is 53.5 Å². The number of thioether (sulfide) groups is 1. The lowest BCUT2D eigenvalue weighted by Gasteiger charge is -2.12. The van der Waals surface area contributed by atoms with Crippen molar-refractivity contribution in [2.45, 2.75) is 24.0 Å². The monoisotopic (exact) mass is 353 g/mol. The highest BCUT2D eigenvalue weighted by Gasteiger charge is 2.32. The van der Waals surface area contributed by atoms with E-state index in [0.29, 0.717) is 16.7 Å². The number of rotatable bonds is 4. The second kappa shape index (κ2) is 6.35. The third-order valence-corrected chi connectivity index (χ3v) is 4.68. The number of hydrogen-bond donors (Lipinski definition) is 0. The molecule has 1 aromatic carbocycles. The molecular weight excluding hydrogens is 339 g/mol. The van der Waals surface area contributed by atoms with Crippen LogP contribution < -0.4 is 0 Å². The van der Waals surface area contributed by atoms with Gasteiger partial charge in [-0.2, -0.15) is 13.2 Å². The minimum atomic E-state index is -4.36. The molecule has 24 heavy (non-hydrogen) atoms. The zero-order chi connectivity index (χ0) is 17.3. The standard InChI is InChI=1S/C16H14F3N3OS/c1-10-12(7-8-23-10)14-20-21-15(22(14)2)24-9-11-5-3-4-6-13(11)16(17,18)19/h3-8H,9H2,1-2H3. The molecule has 4 nitrogen and oxygen atoms in total. The Morgan fingerprint density at radius 1 is 1.17 bits per heavy atom. The maximum atomic E-state index is 13.0. The smallest absolute Gasteiger partial charge is 0.416 e. The topological polar surface area (TPSA) is 43.9 Å². The summed E-state index contributed by atoms with van der Waals surface area (Å²) >= 11 is 1.21. The minimum Gasteiger partial charge on any atom is -0.469 e. The van der Waals surface area contributed by atoms with Gasteiger partial charge in [0.15, 0.2) is 11.0 Å². The summed E-state index contributed by atoms with van der Waals surface area (Å²) in [6, 6.07) is 7.34. The van der Waals surface area contributed by atoms with Crippen molar-refractivity contribution in [3.63, 3.8) is 0 Å². The molecule has 126 valence electrons. The molecule has 0 unspecified atom stereocenters. The Kier molecular flexibility index (Phi) is 4.40. The van der Waals surface area contributed by atoms with E-state index in [1.807, 2.05) is 6.92 Å². The molecular formula is C16H14F3N3OS. The van der Waals surface area contributed by atoms with E-state index < -0.39 is 11.7 Å². The summed E-state index contributed by atoms with van der Waals surface area (Å²) in [4.78, 5) is 0. The second-order valence-corrected chi connectivity index (χ2v) is 6.14. The molecule has 3 rings (SSSR count). The van der Waals surface area contributed by atoms with Crippen LogP contribution in [-0.4, -0.2) is 14.8 Å². The van der Waals surface area contributed by atoms with Crippen LogP contribution in [0, 0.1) is 6.92 Å². The van der Waals surface area contributed by atoms with Crippen LogP contribution in [0.5, 0.6) is 0 Å². The van der Waals surface area contributed by atoms with Crippen molar-refractivity contribution in [2.24, 2.45) is 7.05 Å². The fourth-order valence-electron chi connectivity index (χ4n) is 2.36. The van der Waals surface area contributed by atoms with Crippen LogP contribution in [0.15, 0.2) is 46.2 Å². The molecule has 0 atom stereocenters. The molecule has 0 saturated heterocycles. The zero-order valence-electron chi connectivity index (χ0n) is 13.0. The number of aromatic nitrogens is 3. The quantitative estimate of drug-likeness (QED) is 0.638. The summed E-state index contributed by atoms with van der Waals surface area (Å²) in [5, 5.41) is 8.73. The average Bonchev–Trinajstić information content (AvgIpc) is 3.10. The Labute approximate surface area is 140 Å². The molecule has 0 aliphatic carbocycles. The summed E-state index contributed by atoms with van der Waals surface area (Å²) in [7, 11) is 1.78. The first-order valence-corrected chi connectivity index (χ1v) is 8.08. The Morgan fingerprint density at radius 2 is 1.92 bits per heavy atom. The van der Waals surface area contributed by atoms with Gasteiger partial charge in [0.25, 0.3) is 0 Å². The fraction of sp³-hybridized carbons (Fsp3) is 0.250. The summed E-state index contributed by atoms with van der Waals surface area (Å²) in [5.41, 5.74) is 0.414. The third-order valence-electron chi connectivity index (χ3n) is 3.61. The minimum absolute atomic E-state index is 0.159. The Balaban J connectivity index is 1.82. The first-order chi connectivity index (χ1) is 11.4. The summed E-state index contributed by atoms with van der Waals surface area (Å²) in [6.07, 6.45) is -2.80. The lowest BCUT2D eigenvalue weighted by Crippen LogP contribution is -2.08. The second-order valence-electron chi connectivity index (χ2n) is 5.20. The van der Waals surface area contributed by atoms with Crippen LogP contribution in [0.3, 0.4) is 0 Å². The van der Waals surface area contributed by atoms with Gasteiger partial charge in [0.1, 0.15) is 5.76 Å². The van der Waals surface area contributed by atoms with E-state index >= 15 is 0 Å². The Bertz CT molecular complexity index is 854. The lowest BCUT2D eigenvalue weighted by molar-refractivity contribution is -0.138. The van der Waals surface area contributed by atoms with Crippen molar-refractivity contribution in [3.8, 4) is 11.4 Å². The predicted molar refractivity (Wildman–Crippen MR) is 84.4 cm³/mol. The van der Waals surface area contributed by atoms with E-state index in [1.54, 1.807) is 30.0 Å². The van der Waals surface area contributed by atoms with Gasteiger partial charge in [0, 0.05) is 12.8 Å². The summed E-state index contributed by atoms with van der Waals surface area (Å²) in [5.74, 6) is 1.49. The number of benzene rings is 1. The number of aryl methyl sites for hydroxylation is 1. The number of halogens is 3. The van der Waals surface area contributed by atoms with Gasteiger partial charge in [-0.3, -0.25) is 0 Å². The molecule has 2 heterocycles. The summed E-state index contributed by atoms with van der Waals surface area (Å²) in [6.45, 7) is 1.82. The van der Waals surface area contributed by atoms with Gasteiger partial charge >= 0.3 is 6.18 Å². The van der Waals surface area contributed by atoms with Gasteiger partial charge in [0.05, 0.1) is 17.4 Å². The Morgan fingerprint density at radius 3 is 2.58 bits per heavy atom. The summed E-state index contributed by atoms with van der Waals surface area (Å²) < 4.78 is 46.1. The molecule has 0 amide bonds. The zero-order valence-corrected chi connectivity index (χ0v) is 13.8. The predicted octanol–water partition coefficient (Wildman–Crippen LogP) is 4.69. The first-order valence-electron chi connectivity index (χ1n) is 7.09. The van der Waals surface area contributed by atoms with Crippen LogP contribution in [0.4, 0.5) is 13.2 Å². The third kappa shape index (κ3) is 3.19. The first kappa shape index (κ1) is 16.6. The molecule has 0 aliphatic heterocycles. The van der Waals surface area contributed by atoms with E-state index in [9.17, 15) is 13.2 Å². The number of furan rings is 1. The van der Waals surface area contributed by atoms with Gasteiger partial charge in [0.2, 0.25) is 0 Å². The molecule has 0 saturated carbocycles. The molecule has 0 N–H and O–H groups in total. The van der Waals surface area contributed by atoms with Crippen LogP contribution in [-0.2, 0) is 19.0 Å². The van der Waals surface area contributed by atoms with Crippen molar-refractivity contribution < 1.29 is 17.6 Å².